The first-order valence-corrected chi connectivity index (χ1v) is 19.7. The van der Waals surface area contributed by atoms with Gasteiger partial charge in [0, 0.05) is 32.8 Å². The monoisotopic (exact) mass is 658 g/mol. The van der Waals surface area contributed by atoms with E-state index in [0.29, 0.717) is 19.6 Å². The van der Waals surface area contributed by atoms with Crippen molar-refractivity contribution in [1.82, 2.24) is 4.90 Å². The fourth-order valence-corrected chi connectivity index (χ4v) is 4.95. The van der Waals surface area contributed by atoms with E-state index in [4.69, 9.17) is 39.3 Å². The highest BCUT2D eigenvalue weighted by Gasteiger charge is 2.01. The summed E-state index contributed by atoms with van der Waals surface area (Å²) in [6, 6.07) is 0. The normalized spacial score (nSPS) is 11.3. The Morgan fingerprint density at radius 3 is 0.841 bits per heavy atom. The lowest BCUT2D eigenvalue weighted by atomic mass is 10.1. The Labute approximate surface area is 272 Å². The van der Waals surface area contributed by atoms with Crippen LogP contribution in [0.2, 0.25) is 0 Å². The van der Waals surface area contributed by atoms with E-state index in [1.165, 1.54) is 154 Å². The maximum atomic E-state index is 8.88. The van der Waals surface area contributed by atoms with Gasteiger partial charge in [0.1, 0.15) is 0 Å². The fourth-order valence-electron chi connectivity index (χ4n) is 4.95. The SMILES string of the molecule is CCCCCCCCCCCCCCOCCCCCCCCCCCCCC.O=P(O)(O)O.OCCN(CCO)CCO. The van der Waals surface area contributed by atoms with Gasteiger partial charge in [-0.15, -0.1) is 0 Å². The molecule has 0 heterocycles. The van der Waals surface area contributed by atoms with Crippen molar-refractivity contribution in [3.8, 4) is 0 Å². The van der Waals surface area contributed by atoms with Gasteiger partial charge in [0.05, 0.1) is 19.8 Å². The van der Waals surface area contributed by atoms with Gasteiger partial charge in [-0.2, -0.15) is 0 Å². The zero-order chi connectivity index (χ0) is 33.4. The number of aliphatic hydroxyl groups excluding tert-OH is 3. The first-order valence-electron chi connectivity index (χ1n) is 18.2. The maximum absolute atomic E-state index is 8.88. The molecule has 0 saturated carbocycles. The molecule has 0 aliphatic carbocycles. The Balaban J connectivity index is -0.000000916. The smallest absolute Gasteiger partial charge is 0.395 e. The summed E-state index contributed by atoms with van der Waals surface area (Å²) in [5.41, 5.74) is 0. The summed E-state index contributed by atoms with van der Waals surface area (Å²) in [5.74, 6) is 0. The lowest BCUT2D eigenvalue weighted by molar-refractivity contribution is 0.125. The van der Waals surface area contributed by atoms with Gasteiger partial charge in [-0.1, -0.05) is 155 Å². The number of nitrogens with zero attached hydrogens (tertiary/aromatic N) is 1. The summed E-state index contributed by atoms with van der Waals surface area (Å²) in [6.45, 7) is 8.34. The number of phosphoric acid groups is 1. The van der Waals surface area contributed by atoms with Crippen LogP contribution in [0.25, 0.3) is 0 Å². The van der Waals surface area contributed by atoms with Crippen LogP contribution >= 0.6 is 7.82 Å². The van der Waals surface area contributed by atoms with E-state index in [0.717, 1.165) is 13.2 Å². The second kappa shape index (κ2) is 42.9. The van der Waals surface area contributed by atoms with Crippen LogP contribution in [0.15, 0.2) is 0 Å². The van der Waals surface area contributed by atoms with Crippen LogP contribution in [-0.4, -0.2) is 87.6 Å². The molecule has 0 saturated heterocycles. The minimum absolute atomic E-state index is 0.0694. The highest BCUT2D eigenvalue weighted by molar-refractivity contribution is 7.45. The number of ether oxygens (including phenoxy) is 1. The number of rotatable bonds is 32. The Hall–Kier alpha value is -0.0900. The lowest BCUT2D eigenvalue weighted by Crippen LogP contribution is -2.32. The molecular formula is C34H76NO8P. The zero-order valence-corrected chi connectivity index (χ0v) is 29.9. The Kier molecular flexibility index (Phi) is 47.1. The van der Waals surface area contributed by atoms with Crippen molar-refractivity contribution in [3.05, 3.63) is 0 Å². The fraction of sp³-hybridized carbons (Fsp3) is 1.00. The van der Waals surface area contributed by atoms with Crippen LogP contribution in [0.5, 0.6) is 0 Å². The van der Waals surface area contributed by atoms with Gasteiger partial charge in [0.25, 0.3) is 0 Å². The number of hydrogen-bond acceptors (Lipinski definition) is 6. The van der Waals surface area contributed by atoms with Crippen LogP contribution in [-0.2, 0) is 9.30 Å². The molecule has 0 aromatic rings. The van der Waals surface area contributed by atoms with Crippen LogP contribution in [0.3, 0.4) is 0 Å². The topological polar surface area (TPSA) is 151 Å². The van der Waals surface area contributed by atoms with Crippen molar-refractivity contribution in [2.24, 2.45) is 0 Å². The van der Waals surface area contributed by atoms with Gasteiger partial charge in [0.2, 0.25) is 0 Å². The highest BCUT2D eigenvalue weighted by Crippen LogP contribution is 2.25. The molecule has 0 radical (unpaired) electrons. The molecular weight excluding hydrogens is 581 g/mol. The first-order chi connectivity index (χ1) is 21.3. The second-order valence-corrected chi connectivity index (χ2v) is 12.9. The lowest BCUT2D eigenvalue weighted by Gasteiger charge is -2.17. The Morgan fingerprint density at radius 2 is 0.636 bits per heavy atom. The largest absolute Gasteiger partial charge is 0.466 e. The molecule has 44 heavy (non-hydrogen) atoms. The number of aliphatic hydroxyl groups is 3. The summed E-state index contributed by atoms with van der Waals surface area (Å²) in [5, 5.41) is 25.5. The average molecular weight is 658 g/mol. The molecule has 6 N–H and O–H groups in total. The predicted octanol–water partition coefficient (Wildman–Crippen LogP) is 7.74. The van der Waals surface area contributed by atoms with Crippen molar-refractivity contribution in [3.63, 3.8) is 0 Å². The Morgan fingerprint density at radius 1 is 0.432 bits per heavy atom. The van der Waals surface area contributed by atoms with E-state index < -0.39 is 7.82 Å². The van der Waals surface area contributed by atoms with Crippen molar-refractivity contribution >= 4 is 7.82 Å². The van der Waals surface area contributed by atoms with E-state index in [9.17, 15) is 0 Å². The molecule has 0 bridgehead atoms. The average Bonchev–Trinajstić information content (AvgIpc) is 2.97. The second-order valence-electron chi connectivity index (χ2n) is 11.9. The molecule has 0 atom stereocenters. The summed E-state index contributed by atoms with van der Waals surface area (Å²) in [6.07, 6.45) is 34.1. The van der Waals surface area contributed by atoms with E-state index >= 15 is 0 Å². The van der Waals surface area contributed by atoms with E-state index in [2.05, 4.69) is 13.8 Å². The molecule has 0 fully saturated rings. The van der Waals surface area contributed by atoms with Gasteiger partial charge < -0.3 is 34.7 Å². The van der Waals surface area contributed by atoms with Crippen molar-refractivity contribution in [2.45, 2.75) is 168 Å². The molecule has 0 aromatic heterocycles. The van der Waals surface area contributed by atoms with Gasteiger partial charge in [0.15, 0.2) is 0 Å². The highest BCUT2D eigenvalue weighted by atomic mass is 31.2. The maximum Gasteiger partial charge on any atom is 0.466 e. The third-order valence-electron chi connectivity index (χ3n) is 7.53. The standard InChI is InChI=1S/C28H58O.C6H15NO3.H3O4P/c1-3-5-7-9-11-13-15-17-19-21-23-25-27-29-28-26-24-22-20-18-16-14-12-10-8-6-4-2;8-4-1-7(2-5-9)3-6-10;1-5(2,3)4/h3-28H2,1-2H3;8-10H,1-6H2;(H3,1,2,3,4). The van der Waals surface area contributed by atoms with Crippen LogP contribution in [0.1, 0.15) is 168 Å². The summed E-state index contributed by atoms with van der Waals surface area (Å²) >= 11 is 0. The summed E-state index contributed by atoms with van der Waals surface area (Å²) in [4.78, 5) is 23.4. The predicted molar refractivity (Wildman–Crippen MR) is 185 cm³/mol. The van der Waals surface area contributed by atoms with Gasteiger partial charge in [-0.25, -0.2) is 4.57 Å². The molecule has 0 spiro atoms. The Bertz CT molecular complexity index is 491. The molecule has 0 unspecified atom stereocenters. The first kappa shape index (κ1) is 48.3. The van der Waals surface area contributed by atoms with Gasteiger partial charge in [-0.05, 0) is 12.8 Å². The molecule has 0 amide bonds. The van der Waals surface area contributed by atoms with E-state index in [1.54, 1.807) is 4.90 Å². The zero-order valence-electron chi connectivity index (χ0n) is 29.0. The molecule has 9 nitrogen and oxygen atoms in total. The van der Waals surface area contributed by atoms with Crippen LogP contribution < -0.4 is 0 Å². The quantitative estimate of drug-likeness (QED) is 0.0315. The van der Waals surface area contributed by atoms with Crippen LogP contribution in [0, 0.1) is 0 Å². The minimum atomic E-state index is -4.64. The van der Waals surface area contributed by atoms with Crippen LogP contribution in [0.4, 0.5) is 0 Å². The molecule has 0 aromatic carbocycles. The van der Waals surface area contributed by atoms with Crippen molar-refractivity contribution < 1.29 is 39.3 Å². The number of unbranched alkanes of at least 4 members (excludes halogenated alkanes) is 22. The van der Waals surface area contributed by atoms with E-state index in [1.807, 2.05) is 0 Å². The van der Waals surface area contributed by atoms with Crippen molar-refractivity contribution in [2.75, 3.05) is 52.7 Å². The van der Waals surface area contributed by atoms with Crippen molar-refractivity contribution in [1.29, 1.82) is 0 Å². The van der Waals surface area contributed by atoms with Gasteiger partial charge in [-0.3, -0.25) is 4.90 Å². The summed E-state index contributed by atoms with van der Waals surface area (Å²) in [7, 11) is -4.64. The molecule has 0 rings (SSSR count). The summed E-state index contributed by atoms with van der Waals surface area (Å²) < 4.78 is 14.7. The van der Waals surface area contributed by atoms with Gasteiger partial charge >= 0.3 is 7.82 Å². The molecule has 0 aliphatic rings. The third-order valence-corrected chi connectivity index (χ3v) is 7.53. The third kappa shape index (κ3) is 57.6. The molecule has 0 aliphatic heterocycles. The van der Waals surface area contributed by atoms with E-state index in [-0.39, 0.29) is 19.8 Å². The molecule has 10 heteroatoms. The minimum Gasteiger partial charge on any atom is -0.395 e. The number of hydrogen-bond donors (Lipinski definition) is 6. The molecule has 270 valence electrons.